The Morgan fingerprint density at radius 2 is 1.38 bits per heavy atom. The van der Waals surface area contributed by atoms with Gasteiger partial charge in [-0.05, 0) is 79.0 Å². The molecule has 0 bridgehead atoms. The topological polar surface area (TPSA) is 0 Å². The molecule has 1 saturated carbocycles. The number of unbranched alkanes of at least 4 members (excludes halogenated alkanes) is 1. The van der Waals surface area contributed by atoms with Crippen LogP contribution in [0.15, 0.2) is 48.5 Å². The van der Waals surface area contributed by atoms with Gasteiger partial charge in [-0.1, -0.05) is 68.3 Å². The minimum atomic E-state index is -4.04. The number of halogens is 3. The second-order valence-corrected chi connectivity index (χ2v) is 8.65. The molecule has 0 atom stereocenters. The fourth-order valence-electron chi connectivity index (χ4n) is 4.66. The molecule has 2 aromatic carbocycles. The predicted molar refractivity (Wildman–Crippen MR) is 115 cm³/mol. The van der Waals surface area contributed by atoms with Crippen molar-refractivity contribution in [3.63, 3.8) is 0 Å². The molecule has 1 aliphatic carbocycles. The zero-order valence-corrected chi connectivity index (χ0v) is 17.5. The average molecular weight is 403 g/mol. The summed E-state index contributed by atoms with van der Waals surface area (Å²) in [6, 6.07) is 17.3. The molecule has 3 rings (SSSR count). The van der Waals surface area contributed by atoms with Gasteiger partial charge in [0, 0.05) is 6.42 Å². The van der Waals surface area contributed by atoms with Gasteiger partial charge < -0.3 is 0 Å². The lowest BCUT2D eigenvalue weighted by Gasteiger charge is -2.28. The zero-order valence-electron chi connectivity index (χ0n) is 17.5. The number of benzene rings is 2. The van der Waals surface area contributed by atoms with Crippen molar-refractivity contribution in [2.75, 3.05) is 0 Å². The van der Waals surface area contributed by atoms with Gasteiger partial charge in [0.25, 0.3) is 0 Å². The molecule has 2 aromatic rings. The van der Waals surface area contributed by atoms with E-state index in [9.17, 15) is 13.2 Å². The third-order valence-corrected chi connectivity index (χ3v) is 6.39. The fraction of sp³-hybridized carbons (Fsp3) is 0.538. The van der Waals surface area contributed by atoms with Gasteiger partial charge >= 0.3 is 6.18 Å². The first-order chi connectivity index (χ1) is 13.9. The van der Waals surface area contributed by atoms with E-state index in [2.05, 4.69) is 43.3 Å². The molecule has 0 unspecified atom stereocenters. The zero-order chi connectivity index (χ0) is 20.7. The summed E-state index contributed by atoms with van der Waals surface area (Å²) in [7, 11) is 0. The fourth-order valence-corrected chi connectivity index (χ4v) is 4.66. The largest absolute Gasteiger partial charge is 0.389 e. The first-order valence-corrected chi connectivity index (χ1v) is 11.2. The molecular formula is C26H33F3. The first kappa shape index (κ1) is 21.9. The molecule has 158 valence electrons. The van der Waals surface area contributed by atoms with Gasteiger partial charge in [0.15, 0.2) is 0 Å². The monoisotopic (exact) mass is 402 g/mol. The Morgan fingerprint density at radius 1 is 0.793 bits per heavy atom. The van der Waals surface area contributed by atoms with Crippen LogP contribution >= 0.6 is 0 Å². The Bertz CT molecular complexity index is 720. The number of hydrogen-bond acceptors (Lipinski definition) is 0. The van der Waals surface area contributed by atoms with E-state index in [1.54, 1.807) is 0 Å². The molecule has 0 aromatic heterocycles. The molecule has 0 aliphatic heterocycles. The molecule has 0 spiro atoms. The van der Waals surface area contributed by atoms with E-state index in [4.69, 9.17) is 0 Å². The molecule has 0 saturated heterocycles. The second kappa shape index (κ2) is 10.3. The Labute approximate surface area is 173 Å². The van der Waals surface area contributed by atoms with Gasteiger partial charge in [-0.3, -0.25) is 0 Å². The van der Waals surface area contributed by atoms with Gasteiger partial charge in [-0.2, -0.15) is 13.2 Å². The van der Waals surface area contributed by atoms with E-state index < -0.39 is 12.6 Å². The van der Waals surface area contributed by atoms with Crippen LogP contribution < -0.4 is 0 Å². The van der Waals surface area contributed by atoms with Crippen molar-refractivity contribution in [3.05, 3.63) is 59.7 Å². The highest BCUT2D eigenvalue weighted by Gasteiger charge is 2.25. The van der Waals surface area contributed by atoms with Crippen molar-refractivity contribution in [2.45, 2.75) is 83.2 Å². The van der Waals surface area contributed by atoms with Gasteiger partial charge in [0.1, 0.15) is 0 Å². The van der Waals surface area contributed by atoms with E-state index in [1.165, 1.54) is 55.2 Å². The highest BCUT2D eigenvalue weighted by atomic mass is 19.4. The van der Waals surface area contributed by atoms with Crippen molar-refractivity contribution in [2.24, 2.45) is 5.92 Å². The Balaban J connectivity index is 1.51. The minimum Gasteiger partial charge on any atom is -0.171 e. The standard InChI is InChI=1S/C26H33F3/c1-2-5-20-7-11-22(12-8-20)24-15-17-25(18-16-24)23-13-9-21(10-14-23)6-3-4-19-26(27,28)29/h9-10,13-18,20,22H,2-8,11-12,19H2,1H3/t20-,22-. The number of rotatable bonds is 8. The Morgan fingerprint density at radius 3 is 1.93 bits per heavy atom. The van der Waals surface area contributed by atoms with Crippen LogP contribution in [0.3, 0.4) is 0 Å². The molecule has 0 N–H and O–H groups in total. The molecule has 0 amide bonds. The molecule has 1 aliphatic rings. The lowest BCUT2D eigenvalue weighted by Crippen LogP contribution is -2.13. The van der Waals surface area contributed by atoms with E-state index in [0.29, 0.717) is 18.8 Å². The Kier molecular flexibility index (Phi) is 7.80. The van der Waals surface area contributed by atoms with Gasteiger partial charge in [-0.25, -0.2) is 0 Å². The van der Waals surface area contributed by atoms with Crippen LogP contribution in [-0.4, -0.2) is 6.18 Å². The van der Waals surface area contributed by atoms with Crippen molar-refractivity contribution in [3.8, 4) is 11.1 Å². The molecule has 0 heterocycles. The van der Waals surface area contributed by atoms with Crippen LogP contribution in [0.25, 0.3) is 11.1 Å². The summed E-state index contributed by atoms with van der Waals surface area (Å²) < 4.78 is 36.7. The highest BCUT2D eigenvalue weighted by Crippen LogP contribution is 2.38. The summed E-state index contributed by atoms with van der Waals surface area (Å²) in [6.07, 6.45) is 4.80. The van der Waals surface area contributed by atoms with Crippen LogP contribution in [0.5, 0.6) is 0 Å². The summed E-state index contributed by atoms with van der Waals surface area (Å²) in [6.45, 7) is 2.28. The van der Waals surface area contributed by atoms with Crippen LogP contribution in [0.1, 0.15) is 81.8 Å². The van der Waals surface area contributed by atoms with Gasteiger partial charge in [-0.15, -0.1) is 0 Å². The normalized spacial score (nSPS) is 20.0. The summed E-state index contributed by atoms with van der Waals surface area (Å²) in [4.78, 5) is 0. The SMILES string of the molecule is CCC[C@H]1CC[C@H](c2ccc(-c3ccc(CCCCC(F)(F)F)cc3)cc2)CC1. The maximum Gasteiger partial charge on any atom is 0.389 e. The van der Waals surface area contributed by atoms with Crippen LogP contribution in [-0.2, 0) is 6.42 Å². The second-order valence-electron chi connectivity index (χ2n) is 8.65. The lowest BCUT2D eigenvalue weighted by molar-refractivity contribution is -0.135. The number of alkyl halides is 3. The molecule has 1 fully saturated rings. The molecule has 29 heavy (non-hydrogen) atoms. The average Bonchev–Trinajstić information content (AvgIpc) is 2.72. The first-order valence-electron chi connectivity index (χ1n) is 11.2. The molecule has 0 radical (unpaired) electrons. The van der Waals surface area contributed by atoms with Crippen molar-refractivity contribution < 1.29 is 13.2 Å². The van der Waals surface area contributed by atoms with Crippen molar-refractivity contribution >= 4 is 0 Å². The van der Waals surface area contributed by atoms with Crippen LogP contribution in [0, 0.1) is 5.92 Å². The van der Waals surface area contributed by atoms with Gasteiger partial charge in [0.05, 0.1) is 0 Å². The van der Waals surface area contributed by atoms with E-state index in [-0.39, 0.29) is 6.42 Å². The summed E-state index contributed by atoms with van der Waals surface area (Å²) >= 11 is 0. The van der Waals surface area contributed by atoms with Crippen LogP contribution in [0.2, 0.25) is 0 Å². The molecular weight excluding hydrogens is 369 g/mol. The van der Waals surface area contributed by atoms with E-state index in [0.717, 1.165) is 11.5 Å². The van der Waals surface area contributed by atoms with Crippen molar-refractivity contribution in [1.29, 1.82) is 0 Å². The third kappa shape index (κ3) is 6.90. The van der Waals surface area contributed by atoms with Crippen LogP contribution in [0.4, 0.5) is 13.2 Å². The quantitative estimate of drug-likeness (QED) is 0.387. The molecule has 0 nitrogen and oxygen atoms in total. The van der Waals surface area contributed by atoms with Crippen molar-refractivity contribution in [1.82, 2.24) is 0 Å². The molecule has 3 heteroatoms. The lowest BCUT2D eigenvalue weighted by atomic mass is 9.77. The maximum absolute atomic E-state index is 12.2. The summed E-state index contributed by atoms with van der Waals surface area (Å²) in [5.41, 5.74) is 4.95. The smallest absolute Gasteiger partial charge is 0.171 e. The van der Waals surface area contributed by atoms with Gasteiger partial charge in [0.2, 0.25) is 0 Å². The summed E-state index contributed by atoms with van der Waals surface area (Å²) in [5, 5.41) is 0. The van der Waals surface area contributed by atoms with E-state index in [1.807, 2.05) is 12.1 Å². The predicted octanol–water partition coefficient (Wildman–Crippen LogP) is 8.70. The number of hydrogen-bond donors (Lipinski definition) is 0. The minimum absolute atomic E-state index is 0.201. The number of aryl methyl sites for hydroxylation is 1. The summed E-state index contributed by atoms with van der Waals surface area (Å²) in [5.74, 6) is 1.64. The Hall–Kier alpha value is -1.77. The van der Waals surface area contributed by atoms with E-state index >= 15 is 0 Å². The maximum atomic E-state index is 12.2. The highest BCUT2D eigenvalue weighted by molar-refractivity contribution is 5.64. The third-order valence-electron chi connectivity index (χ3n) is 6.39.